The zero-order valence-electron chi connectivity index (χ0n) is 24.2. The number of methoxy groups -OCH3 is 1. The zero-order valence-corrected chi connectivity index (χ0v) is 24.2. The van der Waals surface area contributed by atoms with Gasteiger partial charge in [0.15, 0.2) is 0 Å². The third-order valence-corrected chi connectivity index (χ3v) is 5.27. The first-order valence-corrected chi connectivity index (χ1v) is 11.7. The monoisotopic (exact) mass is 554 g/mol. The Labute approximate surface area is 246 Å². The molecule has 2 aromatic carbocycles. The van der Waals surface area contributed by atoms with Crippen LogP contribution in [0.4, 0.5) is 23.7 Å². The molecule has 0 radical (unpaired) electrons. The largest absolute Gasteiger partial charge is 1.00 e. The van der Waals surface area contributed by atoms with Gasteiger partial charge in [-0.15, -0.1) is 35.4 Å². The molecule has 0 heterocycles. The minimum absolute atomic E-state index is 0. The fourth-order valence-corrected chi connectivity index (χ4v) is 3.63. The van der Waals surface area contributed by atoms with Gasteiger partial charge < -0.3 is 31.9 Å². The van der Waals surface area contributed by atoms with Crippen LogP contribution in [0, 0.1) is 13.5 Å². The Morgan fingerprint density at radius 3 is 2.25 bits per heavy atom. The predicted molar refractivity (Wildman–Crippen MR) is 144 cm³/mol. The summed E-state index contributed by atoms with van der Waals surface area (Å²) in [6.45, 7) is 5.01. The Hall–Kier alpha value is -3.22. The average molecular weight is 555 g/mol. The Bertz CT molecular complexity index is 1190. The van der Waals surface area contributed by atoms with Crippen LogP contribution in [0.15, 0.2) is 48.0 Å². The molecule has 1 amide bonds. The van der Waals surface area contributed by atoms with Gasteiger partial charge in [-0.3, -0.25) is 0 Å². The minimum Gasteiger partial charge on any atom is -0.467 e. The second-order valence-electron chi connectivity index (χ2n) is 9.73. The summed E-state index contributed by atoms with van der Waals surface area (Å²) in [6, 6.07) is 12.1. The van der Waals surface area contributed by atoms with Crippen LogP contribution in [0.3, 0.4) is 0 Å². The number of ether oxygens (including phenoxy) is 2. The van der Waals surface area contributed by atoms with Gasteiger partial charge in [0.1, 0.15) is 11.6 Å². The van der Waals surface area contributed by atoms with Crippen molar-refractivity contribution in [1.29, 1.82) is 0 Å². The second-order valence-corrected chi connectivity index (χ2v) is 9.73. The number of allylic oxidation sites excluding steroid dienone is 2. The van der Waals surface area contributed by atoms with Crippen LogP contribution in [0.1, 0.15) is 37.5 Å². The van der Waals surface area contributed by atoms with Crippen molar-refractivity contribution in [3.05, 3.63) is 78.2 Å². The van der Waals surface area contributed by atoms with E-state index >= 15 is 0 Å². The number of rotatable bonds is 9. The van der Waals surface area contributed by atoms with Crippen molar-refractivity contribution < 1.29 is 55.9 Å². The smallest absolute Gasteiger partial charge is 0.467 e. The second kappa shape index (κ2) is 15.5. The molecule has 0 aliphatic carbocycles. The number of nitrogens with zero attached hydrogens (tertiary/aromatic N) is 1. The molecule has 11 heteroatoms. The van der Waals surface area contributed by atoms with Gasteiger partial charge in [-0.1, -0.05) is 24.3 Å². The van der Waals surface area contributed by atoms with Crippen LogP contribution in [0.25, 0.3) is 5.57 Å². The molecule has 0 fully saturated rings. The zero-order chi connectivity index (χ0) is 28.7. The minimum atomic E-state index is -4.83. The van der Waals surface area contributed by atoms with Crippen molar-refractivity contribution in [1.82, 2.24) is 5.32 Å². The number of nitrogens with one attached hydrogen (secondary N) is 1. The SMILES string of the molecule is COC(=O)[C@H](Cc1cccc(C/C([C-]=O)=C(/c2[c-]ccc(N(C)C)c2)C(F)(F)F)c1)NC(=O)OC(C)(C)C.[CH3-].[Li+]. The van der Waals surface area contributed by atoms with Gasteiger partial charge in [-0.2, -0.15) is 13.2 Å². The van der Waals surface area contributed by atoms with E-state index in [0.717, 1.165) is 0 Å². The molecule has 0 aliphatic rings. The summed E-state index contributed by atoms with van der Waals surface area (Å²) in [5.41, 5.74) is -1.36. The maximum absolute atomic E-state index is 14.1. The first-order valence-electron chi connectivity index (χ1n) is 11.7. The first-order chi connectivity index (χ1) is 17.6. The molecule has 2 aromatic rings. The maximum atomic E-state index is 14.1. The molecule has 0 spiro atoms. The molecule has 40 heavy (non-hydrogen) atoms. The normalized spacial score (nSPS) is 12.5. The number of carbonyl (C=O) groups is 2. The molecule has 0 unspecified atom stereocenters. The van der Waals surface area contributed by atoms with E-state index in [2.05, 4.69) is 11.4 Å². The van der Waals surface area contributed by atoms with E-state index in [4.69, 9.17) is 9.47 Å². The standard InChI is InChI=1S/C28H31F3N2O5.CH3.Li/c1-27(2,3)38-26(36)32-23(25(35)37-6)15-19-10-7-9-18(13-19)14-21(17-34)24(28(29,30)31)20-11-8-12-22(16-20)33(4)5;;/h7-10,12-13,16,23H,14-15H2,1-6H3,(H,32,36);1H3;/q-2;-1;+1/b24-21+;;/t23-;;/m0../s1. The first kappa shape index (κ1) is 36.8. The van der Waals surface area contributed by atoms with Gasteiger partial charge in [-0.25, -0.2) is 9.59 Å². The van der Waals surface area contributed by atoms with Crippen molar-refractivity contribution >= 4 is 29.6 Å². The molecular weight excluding hydrogens is 520 g/mol. The van der Waals surface area contributed by atoms with E-state index < -0.39 is 41.0 Å². The summed E-state index contributed by atoms with van der Waals surface area (Å²) in [5.74, 6) is -0.723. The van der Waals surface area contributed by atoms with Crippen molar-refractivity contribution in [2.75, 3.05) is 26.1 Å². The van der Waals surface area contributed by atoms with E-state index in [-0.39, 0.29) is 44.7 Å². The van der Waals surface area contributed by atoms with Crippen LogP contribution in [0.5, 0.6) is 0 Å². The van der Waals surface area contributed by atoms with Gasteiger partial charge in [0, 0.05) is 20.5 Å². The van der Waals surface area contributed by atoms with E-state index in [1.165, 1.54) is 25.5 Å². The fourth-order valence-electron chi connectivity index (χ4n) is 3.63. The number of alkyl halides is 3. The number of halogens is 3. The molecule has 7 nitrogen and oxygen atoms in total. The van der Waals surface area contributed by atoms with Gasteiger partial charge in [0.2, 0.25) is 0 Å². The van der Waals surface area contributed by atoms with Gasteiger partial charge in [0.05, 0.1) is 7.11 Å². The summed E-state index contributed by atoms with van der Waals surface area (Å²) in [6.07, 6.45) is -4.58. The van der Waals surface area contributed by atoms with Crippen molar-refractivity contribution in [3.8, 4) is 0 Å². The summed E-state index contributed by atoms with van der Waals surface area (Å²) in [7, 11) is 4.54. The molecule has 0 saturated heterocycles. The van der Waals surface area contributed by atoms with Crippen molar-refractivity contribution in [3.63, 3.8) is 0 Å². The van der Waals surface area contributed by atoms with Crippen LogP contribution in [0.2, 0.25) is 0 Å². The van der Waals surface area contributed by atoms with E-state index in [9.17, 15) is 27.6 Å². The number of hydrogen-bond acceptors (Lipinski definition) is 6. The van der Waals surface area contributed by atoms with E-state index in [1.54, 1.807) is 70.1 Å². The van der Waals surface area contributed by atoms with Crippen LogP contribution in [-0.2, 0) is 31.9 Å². The van der Waals surface area contributed by atoms with Gasteiger partial charge >= 0.3 is 37.1 Å². The van der Waals surface area contributed by atoms with Crippen molar-refractivity contribution in [2.24, 2.45) is 0 Å². The Morgan fingerprint density at radius 1 is 1.10 bits per heavy atom. The number of anilines is 1. The van der Waals surface area contributed by atoms with Gasteiger partial charge in [-0.05, 0) is 55.9 Å². The third kappa shape index (κ3) is 11.1. The molecular formula is C29H34F3LiN2O5-2. The maximum Gasteiger partial charge on any atom is 1.00 e. The van der Waals surface area contributed by atoms with Crippen LogP contribution in [-0.4, -0.2) is 57.4 Å². The Morgan fingerprint density at radius 2 is 1.73 bits per heavy atom. The van der Waals surface area contributed by atoms with Crippen LogP contribution >= 0.6 is 0 Å². The molecule has 214 valence electrons. The number of amides is 1. The fraction of sp³-hybridized carbons (Fsp3) is 0.379. The Kier molecular flexibility index (Phi) is 14.3. The average Bonchev–Trinajstić information content (AvgIpc) is 2.81. The van der Waals surface area contributed by atoms with E-state index in [0.29, 0.717) is 16.8 Å². The number of carbonyl (C=O) groups excluding carboxylic acids is 3. The van der Waals surface area contributed by atoms with Crippen LogP contribution < -0.4 is 29.1 Å². The number of esters is 1. The number of alkyl carbamates (subject to hydrolysis) is 1. The molecule has 0 bridgehead atoms. The van der Waals surface area contributed by atoms with Crippen molar-refractivity contribution in [2.45, 2.75) is 51.4 Å². The van der Waals surface area contributed by atoms with Gasteiger partial charge in [0.25, 0.3) is 0 Å². The molecule has 2 rings (SSSR count). The summed E-state index contributed by atoms with van der Waals surface area (Å²) in [4.78, 5) is 37.9. The Balaban J connectivity index is 0.00000760. The predicted octanol–water partition coefficient (Wildman–Crippen LogP) is 2.28. The topological polar surface area (TPSA) is 84.9 Å². The molecule has 0 saturated carbocycles. The summed E-state index contributed by atoms with van der Waals surface area (Å²) in [5, 5.41) is 2.45. The quantitative estimate of drug-likeness (QED) is 0.222. The third-order valence-electron chi connectivity index (χ3n) is 5.27. The molecule has 1 atom stereocenters. The molecule has 0 aromatic heterocycles. The number of hydrogen-bond donors (Lipinski definition) is 1. The van der Waals surface area contributed by atoms with E-state index in [1.807, 2.05) is 0 Å². The summed E-state index contributed by atoms with van der Waals surface area (Å²) < 4.78 is 52.3. The molecule has 1 N–H and O–H groups in total. The molecule has 0 aliphatic heterocycles. The summed E-state index contributed by atoms with van der Waals surface area (Å²) >= 11 is 0. The number of benzene rings is 2.